The maximum atomic E-state index is 11.8. The molecule has 1 aliphatic rings. The van der Waals surface area contributed by atoms with Crippen molar-refractivity contribution in [3.63, 3.8) is 0 Å². The zero-order valence-electron chi connectivity index (χ0n) is 13.6. The van der Waals surface area contributed by atoms with Gasteiger partial charge in [-0.25, -0.2) is 0 Å². The van der Waals surface area contributed by atoms with Gasteiger partial charge < -0.3 is 15.8 Å². The Hall–Kier alpha value is -2.04. The molecule has 0 spiro atoms. The number of benzene rings is 2. The predicted molar refractivity (Wildman–Crippen MR) is 96.8 cm³/mol. The van der Waals surface area contributed by atoms with E-state index in [4.69, 9.17) is 22.1 Å². The largest absolute Gasteiger partial charge is 0.495 e. The van der Waals surface area contributed by atoms with Gasteiger partial charge in [-0.1, -0.05) is 35.9 Å². The molecule has 4 nitrogen and oxygen atoms in total. The Balaban J connectivity index is 2.00. The van der Waals surface area contributed by atoms with Crippen LogP contribution >= 0.6 is 11.6 Å². The Morgan fingerprint density at radius 2 is 2.00 bits per heavy atom. The van der Waals surface area contributed by atoms with Crippen molar-refractivity contribution >= 4 is 17.5 Å². The van der Waals surface area contributed by atoms with Gasteiger partial charge in [0, 0.05) is 17.7 Å². The number of methoxy groups -OCH3 is 1. The molecule has 0 radical (unpaired) electrons. The SMILES string of the molecule is COc1ccc(C(N)=O)c(-c2ccc([C@H]3CCCNC3)cc2)c1Cl. The van der Waals surface area contributed by atoms with E-state index in [9.17, 15) is 4.79 Å². The number of nitrogens with two attached hydrogens (primary N) is 1. The molecule has 0 bridgehead atoms. The smallest absolute Gasteiger partial charge is 0.249 e. The van der Waals surface area contributed by atoms with Crippen molar-refractivity contribution in [1.29, 1.82) is 0 Å². The molecule has 3 N–H and O–H groups in total. The van der Waals surface area contributed by atoms with Gasteiger partial charge >= 0.3 is 0 Å². The standard InChI is InChI=1S/C19H21ClN2O2/c1-24-16-9-8-15(19(21)23)17(18(16)20)13-6-4-12(5-7-13)14-3-2-10-22-11-14/h4-9,14,22H,2-3,10-11H2,1H3,(H2,21,23)/t14-/m0/s1. The maximum Gasteiger partial charge on any atom is 0.249 e. The van der Waals surface area contributed by atoms with Gasteiger partial charge in [0.2, 0.25) is 5.91 Å². The molecule has 2 aromatic rings. The van der Waals surface area contributed by atoms with Gasteiger partial charge in [0.1, 0.15) is 5.75 Å². The van der Waals surface area contributed by atoms with Crippen LogP contribution in [0.3, 0.4) is 0 Å². The topological polar surface area (TPSA) is 64.3 Å². The van der Waals surface area contributed by atoms with Crippen molar-refractivity contribution in [3.05, 3.63) is 52.5 Å². The minimum atomic E-state index is -0.505. The third-order valence-corrected chi connectivity index (χ3v) is 4.93. The number of carbonyl (C=O) groups excluding carboxylic acids is 1. The lowest BCUT2D eigenvalue weighted by Gasteiger charge is -2.23. The van der Waals surface area contributed by atoms with Gasteiger partial charge in [-0.05, 0) is 48.6 Å². The Labute approximate surface area is 147 Å². The lowest BCUT2D eigenvalue weighted by Crippen LogP contribution is -2.28. The second kappa shape index (κ2) is 7.24. The van der Waals surface area contributed by atoms with Crippen LogP contribution in [0.25, 0.3) is 11.1 Å². The monoisotopic (exact) mass is 344 g/mol. The van der Waals surface area contributed by atoms with Crippen LogP contribution in [0.1, 0.15) is 34.7 Å². The maximum absolute atomic E-state index is 11.8. The van der Waals surface area contributed by atoms with Crippen LogP contribution < -0.4 is 15.8 Å². The van der Waals surface area contributed by atoms with Crippen molar-refractivity contribution in [3.8, 4) is 16.9 Å². The number of hydrogen-bond acceptors (Lipinski definition) is 3. The van der Waals surface area contributed by atoms with Crippen LogP contribution in [0.2, 0.25) is 5.02 Å². The Morgan fingerprint density at radius 3 is 2.58 bits per heavy atom. The van der Waals surface area contributed by atoms with Gasteiger partial charge in [0.25, 0.3) is 0 Å². The summed E-state index contributed by atoms with van der Waals surface area (Å²) in [6.07, 6.45) is 2.39. The highest BCUT2D eigenvalue weighted by Crippen LogP contribution is 2.38. The molecule has 5 heteroatoms. The summed E-state index contributed by atoms with van der Waals surface area (Å²) in [6, 6.07) is 11.5. The fraction of sp³-hybridized carbons (Fsp3) is 0.316. The summed E-state index contributed by atoms with van der Waals surface area (Å²) in [5, 5.41) is 3.83. The molecular formula is C19H21ClN2O2. The van der Waals surface area contributed by atoms with Crippen molar-refractivity contribution in [2.45, 2.75) is 18.8 Å². The first-order valence-electron chi connectivity index (χ1n) is 8.09. The first kappa shape index (κ1) is 16.8. The van der Waals surface area contributed by atoms with Gasteiger partial charge in [0.05, 0.1) is 12.1 Å². The highest BCUT2D eigenvalue weighted by Gasteiger charge is 2.19. The summed E-state index contributed by atoms with van der Waals surface area (Å²) in [6.45, 7) is 2.10. The van der Waals surface area contributed by atoms with Crippen molar-refractivity contribution < 1.29 is 9.53 Å². The second-order valence-electron chi connectivity index (χ2n) is 6.03. The summed E-state index contributed by atoms with van der Waals surface area (Å²) in [5.41, 5.74) is 8.69. The van der Waals surface area contributed by atoms with Crippen molar-refractivity contribution in [2.75, 3.05) is 20.2 Å². The zero-order chi connectivity index (χ0) is 17.1. The number of hydrogen-bond donors (Lipinski definition) is 2. The molecule has 1 aliphatic heterocycles. The number of halogens is 1. The first-order valence-corrected chi connectivity index (χ1v) is 8.47. The second-order valence-corrected chi connectivity index (χ2v) is 6.41. The Kier molecular flexibility index (Phi) is 5.07. The van der Waals surface area contributed by atoms with Crippen molar-refractivity contribution in [1.82, 2.24) is 5.32 Å². The molecule has 3 rings (SSSR count). The Morgan fingerprint density at radius 1 is 1.25 bits per heavy atom. The molecule has 24 heavy (non-hydrogen) atoms. The predicted octanol–water partition coefficient (Wildman–Crippen LogP) is 3.58. The lowest BCUT2D eigenvalue weighted by molar-refractivity contribution is 0.100. The number of primary amides is 1. The molecule has 2 aromatic carbocycles. The van der Waals surface area contributed by atoms with Gasteiger partial charge in [-0.15, -0.1) is 0 Å². The van der Waals surface area contributed by atoms with E-state index in [0.717, 1.165) is 18.7 Å². The van der Waals surface area contributed by atoms with E-state index in [0.29, 0.717) is 27.8 Å². The number of rotatable bonds is 4. The summed E-state index contributed by atoms with van der Waals surface area (Å²) in [7, 11) is 1.55. The molecule has 0 aromatic heterocycles. The molecule has 1 heterocycles. The lowest BCUT2D eigenvalue weighted by atomic mass is 9.90. The first-order chi connectivity index (χ1) is 11.6. The van der Waals surface area contributed by atoms with Crippen LogP contribution in [-0.2, 0) is 0 Å². The van der Waals surface area contributed by atoms with Crippen LogP contribution in [0, 0.1) is 0 Å². The molecule has 1 saturated heterocycles. The van der Waals surface area contributed by atoms with E-state index < -0.39 is 5.91 Å². The fourth-order valence-electron chi connectivity index (χ4n) is 3.26. The van der Waals surface area contributed by atoms with Gasteiger partial charge in [0.15, 0.2) is 0 Å². The average Bonchev–Trinajstić information content (AvgIpc) is 2.62. The minimum Gasteiger partial charge on any atom is -0.495 e. The number of ether oxygens (including phenoxy) is 1. The molecule has 1 atom stereocenters. The van der Waals surface area contributed by atoms with Gasteiger partial charge in [-0.3, -0.25) is 4.79 Å². The van der Waals surface area contributed by atoms with E-state index in [1.807, 2.05) is 12.1 Å². The van der Waals surface area contributed by atoms with Crippen LogP contribution in [0.15, 0.2) is 36.4 Å². The number of nitrogens with one attached hydrogen (secondary N) is 1. The molecular weight excluding hydrogens is 324 g/mol. The highest BCUT2D eigenvalue weighted by atomic mass is 35.5. The quantitative estimate of drug-likeness (QED) is 0.891. The average molecular weight is 345 g/mol. The molecule has 0 saturated carbocycles. The third kappa shape index (κ3) is 3.25. The zero-order valence-corrected chi connectivity index (χ0v) is 14.4. The fourth-order valence-corrected chi connectivity index (χ4v) is 3.61. The Bertz CT molecular complexity index is 738. The molecule has 0 unspecified atom stereocenters. The van der Waals surface area contributed by atoms with E-state index in [-0.39, 0.29) is 0 Å². The number of carbonyl (C=O) groups is 1. The normalized spacial score (nSPS) is 17.5. The molecule has 0 aliphatic carbocycles. The minimum absolute atomic E-state index is 0.396. The van der Waals surface area contributed by atoms with Crippen LogP contribution in [-0.4, -0.2) is 26.1 Å². The summed E-state index contributed by atoms with van der Waals surface area (Å²) in [4.78, 5) is 11.8. The molecule has 1 fully saturated rings. The van der Waals surface area contributed by atoms with E-state index >= 15 is 0 Å². The van der Waals surface area contributed by atoms with Crippen LogP contribution in [0.4, 0.5) is 0 Å². The number of amides is 1. The summed E-state index contributed by atoms with van der Waals surface area (Å²) < 4.78 is 5.27. The molecule has 126 valence electrons. The van der Waals surface area contributed by atoms with Crippen molar-refractivity contribution in [2.24, 2.45) is 5.73 Å². The van der Waals surface area contributed by atoms with E-state index in [2.05, 4.69) is 17.4 Å². The van der Waals surface area contributed by atoms with E-state index in [1.165, 1.54) is 18.4 Å². The highest BCUT2D eigenvalue weighted by molar-refractivity contribution is 6.35. The summed E-state index contributed by atoms with van der Waals surface area (Å²) >= 11 is 6.44. The van der Waals surface area contributed by atoms with Crippen LogP contribution in [0.5, 0.6) is 5.75 Å². The summed E-state index contributed by atoms with van der Waals surface area (Å²) in [5.74, 6) is 0.552. The number of piperidine rings is 1. The molecule has 1 amide bonds. The third-order valence-electron chi connectivity index (χ3n) is 4.56. The van der Waals surface area contributed by atoms with Gasteiger partial charge in [-0.2, -0.15) is 0 Å². The van der Waals surface area contributed by atoms with E-state index in [1.54, 1.807) is 19.2 Å².